The van der Waals surface area contributed by atoms with Gasteiger partial charge in [0, 0.05) is 37.8 Å². The third-order valence-electron chi connectivity index (χ3n) is 2.56. The number of rotatable bonds is 3. The molecule has 78 valence electrons. The largest absolute Gasteiger partial charge is 0.338 e. The lowest BCUT2D eigenvalue weighted by molar-refractivity contribution is -0.128. The molecule has 2 heterocycles. The van der Waals surface area contributed by atoms with E-state index in [1.54, 1.807) is 17.3 Å². The van der Waals surface area contributed by atoms with Crippen LogP contribution in [0, 0.1) is 5.92 Å². The first-order valence-corrected chi connectivity index (χ1v) is 4.91. The molecule has 1 aromatic heterocycles. The van der Waals surface area contributed by atoms with Gasteiger partial charge in [-0.25, -0.2) is 0 Å². The predicted molar refractivity (Wildman–Crippen MR) is 53.8 cm³/mol. The van der Waals surface area contributed by atoms with E-state index in [1.807, 2.05) is 12.1 Å². The van der Waals surface area contributed by atoms with Gasteiger partial charge < -0.3 is 9.69 Å². The standard InChI is InChI=1S/C11H12N2O2/c14-8-10-5-11(15)13(7-10)6-9-1-3-12-4-2-9/h1-4,8,10H,5-7H2/t10-/m0/s1. The van der Waals surface area contributed by atoms with E-state index >= 15 is 0 Å². The number of pyridine rings is 1. The molecule has 1 amide bonds. The molecule has 0 spiro atoms. The molecule has 1 atom stereocenters. The Morgan fingerprint density at radius 3 is 2.80 bits per heavy atom. The number of amides is 1. The van der Waals surface area contributed by atoms with Crippen molar-refractivity contribution in [2.24, 2.45) is 5.92 Å². The second-order valence-electron chi connectivity index (χ2n) is 3.73. The lowest BCUT2D eigenvalue weighted by Crippen LogP contribution is -2.24. The number of hydrogen-bond acceptors (Lipinski definition) is 3. The molecule has 4 heteroatoms. The monoisotopic (exact) mass is 204 g/mol. The van der Waals surface area contributed by atoms with E-state index in [4.69, 9.17) is 0 Å². The van der Waals surface area contributed by atoms with Crippen LogP contribution in [0.1, 0.15) is 12.0 Å². The van der Waals surface area contributed by atoms with Crippen LogP contribution in [-0.2, 0) is 16.1 Å². The highest BCUT2D eigenvalue weighted by molar-refractivity contribution is 5.82. The summed E-state index contributed by atoms with van der Waals surface area (Å²) in [7, 11) is 0. The molecule has 4 nitrogen and oxygen atoms in total. The van der Waals surface area contributed by atoms with E-state index in [9.17, 15) is 9.59 Å². The Morgan fingerprint density at radius 1 is 1.47 bits per heavy atom. The third-order valence-corrected chi connectivity index (χ3v) is 2.56. The van der Waals surface area contributed by atoms with Gasteiger partial charge in [0.2, 0.25) is 5.91 Å². The van der Waals surface area contributed by atoms with Crippen molar-refractivity contribution < 1.29 is 9.59 Å². The number of carbonyl (C=O) groups is 2. The van der Waals surface area contributed by atoms with E-state index in [-0.39, 0.29) is 11.8 Å². The van der Waals surface area contributed by atoms with Gasteiger partial charge in [-0.3, -0.25) is 9.78 Å². The van der Waals surface area contributed by atoms with Gasteiger partial charge in [0.05, 0.1) is 0 Å². The lowest BCUT2D eigenvalue weighted by atomic mass is 10.1. The van der Waals surface area contributed by atoms with Crippen LogP contribution >= 0.6 is 0 Å². The SMILES string of the molecule is O=C[C@H]1CC(=O)N(Cc2ccncc2)C1. The van der Waals surface area contributed by atoms with Gasteiger partial charge in [-0.15, -0.1) is 0 Å². The van der Waals surface area contributed by atoms with Gasteiger partial charge in [0.25, 0.3) is 0 Å². The minimum absolute atomic E-state index is 0.0592. The summed E-state index contributed by atoms with van der Waals surface area (Å²) in [6, 6.07) is 3.75. The van der Waals surface area contributed by atoms with Crippen LogP contribution in [0.15, 0.2) is 24.5 Å². The fourth-order valence-corrected chi connectivity index (χ4v) is 1.76. The average Bonchev–Trinajstić information content (AvgIpc) is 2.61. The van der Waals surface area contributed by atoms with Crippen LogP contribution in [0.4, 0.5) is 0 Å². The molecule has 0 unspecified atom stereocenters. The number of nitrogens with zero attached hydrogens (tertiary/aromatic N) is 2. The molecule has 0 N–H and O–H groups in total. The van der Waals surface area contributed by atoms with Crippen LogP contribution in [0.3, 0.4) is 0 Å². The zero-order chi connectivity index (χ0) is 10.7. The molecule has 0 bridgehead atoms. The Hall–Kier alpha value is -1.71. The number of carbonyl (C=O) groups excluding carboxylic acids is 2. The van der Waals surface area contributed by atoms with Gasteiger partial charge >= 0.3 is 0 Å². The van der Waals surface area contributed by atoms with Crippen LogP contribution in [0.25, 0.3) is 0 Å². The molecular weight excluding hydrogens is 192 g/mol. The first kappa shape index (κ1) is 9.83. The molecule has 0 radical (unpaired) electrons. The van der Waals surface area contributed by atoms with Gasteiger partial charge in [0.1, 0.15) is 6.29 Å². The van der Waals surface area contributed by atoms with Crippen molar-refractivity contribution in [1.82, 2.24) is 9.88 Å². The number of hydrogen-bond donors (Lipinski definition) is 0. The fraction of sp³-hybridized carbons (Fsp3) is 0.364. The van der Waals surface area contributed by atoms with Crippen molar-refractivity contribution in [3.8, 4) is 0 Å². The Kier molecular flexibility index (Phi) is 2.76. The lowest BCUT2D eigenvalue weighted by Gasteiger charge is -2.15. The van der Waals surface area contributed by atoms with E-state index in [0.717, 1.165) is 11.8 Å². The summed E-state index contributed by atoms with van der Waals surface area (Å²) in [5, 5.41) is 0. The Labute approximate surface area is 87.9 Å². The summed E-state index contributed by atoms with van der Waals surface area (Å²) < 4.78 is 0. The molecule has 2 rings (SSSR count). The quantitative estimate of drug-likeness (QED) is 0.678. The van der Waals surface area contributed by atoms with E-state index in [1.165, 1.54) is 0 Å². The molecule has 1 aromatic rings. The topological polar surface area (TPSA) is 50.3 Å². The van der Waals surface area contributed by atoms with Crippen LogP contribution in [-0.4, -0.2) is 28.6 Å². The summed E-state index contributed by atoms with van der Waals surface area (Å²) in [6.45, 7) is 1.12. The maximum Gasteiger partial charge on any atom is 0.223 e. The third kappa shape index (κ3) is 2.21. The Balaban J connectivity index is 2.01. The summed E-state index contributed by atoms with van der Waals surface area (Å²) in [4.78, 5) is 27.7. The molecule has 0 aromatic carbocycles. The number of aldehydes is 1. The molecular formula is C11H12N2O2. The van der Waals surface area contributed by atoms with Crippen molar-refractivity contribution in [2.45, 2.75) is 13.0 Å². The second-order valence-corrected chi connectivity index (χ2v) is 3.73. The summed E-state index contributed by atoms with van der Waals surface area (Å²) >= 11 is 0. The number of likely N-dealkylation sites (tertiary alicyclic amines) is 1. The van der Waals surface area contributed by atoms with Crippen molar-refractivity contribution in [1.29, 1.82) is 0 Å². The van der Waals surface area contributed by atoms with Gasteiger partial charge in [-0.2, -0.15) is 0 Å². The summed E-state index contributed by atoms with van der Waals surface area (Å²) in [6.07, 6.45) is 4.62. The predicted octanol–water partition coefficient (Wildman–Crippen LogP) is 0.629. The van der Waals surface area contributed by atoms with Crippen molar-refractivity contribution in [2.75, 3.05) is 6.54 Å². The smallest absolute Gasteiger partial charge is 0.223 e. The second kappa shape index (κ2) is 4.21. The van der Waals surface area contributed by atoms with Crippen molar-refractivity contribution >= 4 is 12.2 Å². The van der Waals surface area contributed by atoms with Crippen molar-refractivity contribution in [3.05, 3.63) is 30.1 Å². The van der Waals surface area contributed by atoms with Crippen LogP contribution in [0.5, 0.6) is 0 Å². The zero-order valence-corrected chi connectivity index (χ0v) is 8.30. The molecule has 1 saturated heterocycles. The van der Waals surface area contributed by atoms with Crippen LogP contribution < -0.4 is 0 Å². The fourth-order valence-electron chi connectivity index (χ4n) is 1.76. The minimum atomic E-state index is -0.126. The first-order chi connectivity index (χ1) is 7.29. The molecule has 1 aliphatic rings. The average molecular weight is 204 g/mol. The normalized spacial score (nSPS) is 20.7. The Bertz CT molecular complexity index is 364. The van der Waals surface area contributed by atoms with Crippen LogP contribution in [0.2, 0.25) is 0 Å². The highest BCUT2D eigenvalue weighted by Crippen LogP contribution is 2.17. The van der Waals surface area contributed by atoms with E-state index < -0.39 is 0 Å². The highest BCUT2D eigenvalue weighted by Gasteiger charge is 2.28. The Morgan fingerprint density at radius 2 is 2.20 bits per heavy atom. The first-order valence-electron chi connectivity index (χ1n) is 4.91. The van der Waals surface area contributed by atoms with Gasteiger partial charge in [-0.05, 0) is 17.7 Å². The maximum absolute atomic E-state index is 11.5. The maximum atomic E-state index is 11.5. The van der Waals surface area contributed by atoms with Gasteiger partial charge in [-0.1, -0.05) is 0 Å². The molecule has 15 heavy (non-hydrogen) atoms. The van der Waals surface area contributed by atoms with Gasteiger partial charge in [0.15, 0.2) is 0 Å². The summed E-state index contributed by atoms with van der Waals surface area (Å²) in [5.74, 6) is -0.0664. The molecule has 1 fully saturated rings. The molecule has 1 aliphatic heterocycles. The minimum Gasteiger partial charge on any atom is -0.338 e. The highest BCUT2D eigenvalue weighted by atomic mass is 16.2. The van der Waals surface area contributed by atoms with Crippen molar-refractivity contribution in [3.63, 3.8) is 0 Å². The van der Waals surface area contributed by atoms with E-state index in [0.29, 0.717) is 19.5 Å². The van der Waals surface area contributed by atoms with E-state index in [2.05, 4.69) is 4.98 Å². The summed E-state index contributed by atoms with van der Waals surface area (Å²) in [5.41, 5.74) is 1.05. The molecule has 0 aliphatic carbocycles. The zero-order valence-electron chi connectivity index (χ0n) is 8.30. The molecule has 0 saturated carbocycles. The number of aromatic nitrogens is 1.